The number of carbonyl (C=O) groups is 1. The fourth-order valence-corrected chi connectivity index (χ4v) is 4.29. The van der Waals surface area contributed by atoms with E-state index in [1.54, 1.807) is 23.2 Å². The van der Waals surface area contributed by atoms with E-state index in [4.69, 9.17) is 11.6 Å². The van der Waals surface area contributed by atoms with Gasteiger partial charge in [-0.25, -0.2) is 13.6 Å². The number of H-pyrrole nitrogens is 1. The lowest BCUT2D eigenvalue weighted by molar-refractivity contribution is -0.0151. The number of benzene rings is 1. The van der Waals surface area contributed by atoms with Gasteiger partial charge in [-0.05, 0) is 36.3 Å². The Hall–Kier alpha value is -1.93. The lowest BCUT2D eigenvalue weighted by Gasteiger charge is -2.43. The predicted octanol–water partition coefficient (Wildman–Crippen LogP) is 4.35. The average Bonchev–Trinajstić information content (AvgIpc) is 3.12. The molecule has 6 nitrogen and oxygen atoms in total. The van der Waals surface area contributed by atoms with Crippen molar-refractivity contribution in [2.75, 3.05) is 19.6 Å². The first-order valence-electron chi connectivity index (χ1n) is 9.70. The second-order valence-corrected chi connectivity index (χ2v) is 8.98. The molecule has 2 amide bonds. The van der Waals surface area contributed by atoms with E-state index in [1.165, 1.54) is 0 Å². The molecular weight excluding hydrogens is 402 g/mol. The average molecular weight is 429 g/mol. The lowest BCUT2D eigenvalue weighted by atomic mass is 9.68. The topological polar surface area (TPSA) is 81.2 Å². The minimum Gasteiger partial charge on any atom is -0.388 e. The van der Waals surface area contributed by atoms with Crippen molar-refractivity contribution in [2.45, 2.75) is 45.6 Å². The van der Waals surface area contributed by atoms with Crippen LogP contribution in [0.1, 0.15) is 45.3 Å². The largest absolute Gasteiger partial charge is 0.388 e. The van der Waals surface area contributed by atoms with Crippen LogP contribution in [0.2, 0.25) is 5.02 Å². The number of amides is 2. The van der Waals surface area contributed by atoms with Crippen LogP contribution in [-0.4, -0.2) is 51.8 Å². The van der Waals surface area contributed by atoms with Gasteiger partial charge in [0.2, 0.25) is 0 Å². The SMILES string of the molecule is CC(F)(F)CNC(=O)N1CCC(C(C)(C)C(O)c2cc(Cl)cc3cn[nH]c23)CC1. The molecule has 1 aromatic heterocycles. The van der Waals surface area contributed by atoms with E-state index >= 15 is 0 Å². The van der Waals surface area contributed by atoms with Crippen molar-refractivity contribution >= 4 is 28.5 Å². The summed E-state index contributed by atoms with van der Waals surface area (Å²) in [7, 11) is 0. The molecular formula is C20H27ClF2N4O2. The van der Waals surface area contributed by atoms with Gasteiger partial charge >= 0.3 is 6.03 Å². The monoisotopic (exact) mass is 428 g/mol. The number of rotatable bonds is 5. The van der Waals surface area contributed by atoms with Crippen molar-refractivity contribution in [1.82, 2.24) is 20.4 Å². The molecule has 29 heavy (non-hydrogen) atoms. The quantitative estimate of drug-likeness (QED) is 0.662. The van der Waals surface area contributed by atoms with Crippen molar-refractivity contribution in [2.24, 2.45) is 11.3 Å². The first-order chi connectivity index (χ1) is 13.5. The van der Waals surface area contributed by atoms with E-state index in [2.05, 4.69) is 15.5 Å². The maximum atomic E-state index is 13.0. The molecule has 0 bridgehead atoms. The van der Waals surface area contributed by atoms with E-state index in [-0.39, 0.29) is 5.92 Å². The molecule has 1 aromatic carbocycles. The highest BCUT2D eigenvalue weighted by molar-refractivity contribution is 6.31. The Kier molecular flexibility index (Phi) is 6.06. The highest BCUT2D eigenvalue weighted by Crippen LogP contribution is 2.46. The molecule has 1 aliphatic rings. The molecule has 3 rings (SSSR count). The molecule has 2 heterocycles. The number of aromatic nitrogens is 2. The first kappa shape index (κ1) is 21.8. The number of urea groups is 1. The van der Waals surface area contributed by atoms with Gasteiger partial charge in [0.15, 0.2) is 0 Å². The maximum Gasteiger partial charge on any atom is 0.317 e. The smallest absolute Gasteiger partial charge is 0.317 e. The molecule has 2 aromatic rings. The number of aliphatic hydroxyl groups is 1. The maximum absolute atomic E-state index is 13.0. The lowest BCUT2D eigenvalue weighted by Crippen LogP contribution is -2.49. The summed E-state index contributed by atoms with van der Waals surface area (Å²) in [6.07, 6.45) is 2.23. The standard InChI is InChI=1S/C20H27ClF2N4O2/c1-19(2,17(28)15-9-14(21)8-12-10-25-26-16(12)15)13-4-6-27(7-5-13)18(29)24-11-20(3,22)23/h8-10,13,17,28H,4-7,11H2,1-3H3,(H,24,29)(H,25,26). The van der Waals surface area contributed by atoms with Crippen LogP contribution in [-0.2, 0) is 0 Å². The van der Waals surface area contributed by atoms with Crippen LogP contribution in [0.3, 0.4) is 0 Å². The zero-order chi connectivity index (χ0) is 21.4. The van der Waals surface area contributed by atoms with Gasteiger partial charge in [-0.1, -0.05) is 25.4 Å². The summed E-state index contributed by atoms with van der Waals surface area (Å²) in [4.78, 5) is 13.7. The van der Waals surface area contributed by atoms with E-state index in [1.807, 2.05) is 13.8 Å². The molecule has 160 valence electrons. The number of piperidine rings is 1. The molecule has 9 heteroatoms. The van der Waals surface area contributed by atoms with Crippen LogP contribution >= 0.6 is 11.6 Å². The van der Waals surface area contributed by atoms with E-state index in [9.17, 15) is 18.7 Å². The first-order valence-corrected chi connectivity index (χ1v) is 10.1. The van der Waals surface area contributed by atoms with Gasteiger partial charge in [0.1, 0.15) is 0 Å². The van der Waals surface area contributed by atoms with Crippen LogP contribution in [0, 0.1) is 11.3 Å². The number of halogens is 3. The summed E-state index contributed by atoms with van der Waals surface area (Å²) in [5.41, 5.74) is 0.967. The number of nitrogens with one attached hydrogen (secondary N) is 2. The fraction of sp³-hybridized carbons (Fsp3) is 0.600. The molecule has 1 aliphatic heterocycles. The van der Waals surface area contributed by atoms with Crippen molar-refractivity contribution < 1.29 is 18.7 Å². The zero-order valence-electron chi connectivity index (χ0n) is 16.8. The van der Waals surface area contributed by atoms with E-state index in [0.717, 1.165) is 17.8 Å². The number of hydrogen-bond acceptors (Lipinski definition) is 3. The van der Waals surface area contributed by atoms with E-state index in [0.29, 0.717) is 36.5 Å². The van der Waals surface area contributed by atoms with Crippen LogP contribution in [0.5, 0.6) is 0 Å². The second-order valence-electron chi connectivity index (χ2n) is 8.54. The molecule has 1 saturated heterocycles. The van der Waals surface area contributed by atoms with Gasteiger partial charge in [0, 0.05) is 36.0 Å². The van der Waals surface area contributed by atoms with Gasteiger partial charge in [0.25, 0.3) is 5.92 Å². The number of carbonyl (C=O) groups excluding carboxylic acids is 1. The van der Waals surface area contributed by atoms with E-state index < -0.39 is 30.0 Å². The molecule has 1 fully saturated rings. The molecule has 0 aliphatic carbocycles. The molecule has 0 saturated carbocycles. The van der Waals surface area contributed by atoms with Crippen LogP contribution in [0.15, 0.2) is 18.3 Å². The molecule has 3 N–H and O–H groups in total. The number of aliphatic hydroxyl groups excluding tert-OH is 1. The van der Waals surface area contributed by atoms with Crippen LogP contribution < -0.4 is 5.32 Å². The summed E-state index contributed by atoms with van der Waals surface area (Å²) in [5, 5.41) is 21.8. The Labute approximate surface area is 173 Å². The van der Waals surface area contributed by atoms with Gasteiger partial charge in [0.05, 0.1) is 24.4 Å². The predicted molar refractivity (Wildman–Crippen MR) is 108 cm³/mol. The zero-order valence-corrected chi connectivity index (χ0v) is 17.6. The van der Waals surface area contributed by atoms with Crippen LogP contribution in [0.25, 0.3) is 10.9 Å². The molecule has 1 atom stereocenters. The molecule has 0 spiro atoms. The fourth-order valence-electron chi connectivity index (χ4n) is 4.06. The van der Waals surface area contributed by atoms with Crippen LogP contribution in [0.4, 0.5) is 13.6 Å². The summed E-state index contributed by atoms with van der Waals surface area (Å²) >= 11 is 6.22. The number of aromatic amines is 1. The van der Waals surface area contributed by atoms with Crippen molar-refractivity contribution in [3.05, 3.63) is 28.9 Å². The number of alkyl halides is 2. The molecule has 0 radical (unpaired) electrons. The summed E-state index contributed by atoms with van der Waals surface area (Å²) in [5.74, 6) is -2.79. The number of likely N-dealkylation sites (tertiary alicyclic amines) is 1. The Bertz CT molecular complexity index is 873. The Morgan fingerprint density at radius 2 is 2.03 bits per heavy atom. The van der Waals surface area contributed by atoms with Crippen molar-refractivity contribution in [3.63, 3.8) is 0 Å². The minimum atomic E-state index is -2.94. The minimum absolute atomic E-state index is 0.145. The van der Waals surface area contributed by atoms with Gasteiger partial charge in [-0.15, -0.1) is 0 Å². The summed E-state index contributed by atoms with van der Waals surface area (Å²) in [6, 6.07) is 3.07. The van der Waals surface area contributed by atoms with Crippen molar-refractivity contribution in [3.8, 4) is 0 Å². The highest BCUT2D eigenvalue weighted by Gasteiger charge is 2.40. The molecule has 1 unspecified atom stereocenters. The van der Waals surface area contributed by atoms with Gasteiger partial charge < -0.3 is 15.3 Å². The Morgan fingerprint density at radius 3 is 2.66 bits per heavy atom. The third kappa shape index (κ3) is 4.80. The summed E-state index contributed by atoms with van der Waals surface area (Å²) < 4.78 is 25.9. The summed E-state index contributed by atoms with van der Waals surface area (Å²) in [6.45, 7) is 5.01. The number of fused-ring (bicyclic) bond motifs is 1. The van der Waals surface area contributed by atoms with Crippen molar-refractivity contribution in [1.29, 1.82) is 0 Å². The number of hydrogen-bond donors (Lipinski definition) is 3. The highest BCUT2D eigenvalue weighted by atomic mass is 35.5. The normalized spacial score (nSPS) is 17.6. The Balaban J connectivity index is 1.68. The van der Waals surface area contributed by atoms with Gasteiger partial charge in [-0.3, -0.25) is 5.10 Å². The third-order valence-electron chi connectivity index (χ3n) is 5.93. The number of nitrogens with zero attached hydrogens (tertiary/aromatic N) is 2. The third-order valence-corrected chi connectivity index (χ3v) is 6.15. The van der Waals surface area contributed by atoms with Gasteiger partial charge in [-0.2, -0.15) is 5.10 Å². The second kappa shape index (κ2) is 8.07. The Morgan fingerprint density at radius 1 is 1.38 bits per heavy atom.